The van der Waals surface area contributed by atoms with E-state index in [1.54, 1.807) is 6.21 Å². The molecule has 1 heterocycles. The maximum atomic E-state index is 13.1. The normalized spacial score (nSPS) is 11.0. The summed E-state index contributed by atoms with van der Waals surface area (Å²) in [5, 5.41) is 4.95. The van der Waals surface area contributed by atoms with E-state index in [4.69, 9.17) is 9.72 Å². The number of carbonyl (C=O) groups excluding carboxylic acids is 1. The van der Waals surface area contributed by atoms with Gasteiger partial charge in [0.1, 0.15) is 12.4 Å². The van der Waals surface area contributed by atoms with E-state index in [0.717, 1.165) is 39.0 Å². The van der Waals surface area contributed by atoms with Crippen molar-refractivity contribution in [2.75, 3.05) is 0 Å². The molecule has 36 heavy (non-hydrogen) atoms. The van der Waals surface area contributed by atoms with Crippen LogP contribution in [0.5, 0.6) is 5.75 Å². The number of aryl methyl sites for hydroxylation is 1. The number of nitrogens with one attached hydrogen (secondary N) is 1. The Morgan fingerprint density at radius 3 is 2.39 bits per heavy atom. The van der Waals surface area contributed by atoms with Gasteiger partial charge in [0.25, 0.3) is 5.91 Å². The highest BCUT2D eigenvalue weighted by Gasteiger charge is 2.13. The summed E-state index contributed by atoms with van der Waals surface area (Å²) >= 11 is 0. The Kier molecular flexibility index (Phi) is 6.81. The molecule has 0 saturated heterocycles. The highest BCUT2D eigenvalue weighted by molar-refractivity contribution is 6.07. The van der Waals surface area contributed by atoms with Gasteiger partial charge >= 0.3 is 0 Å². The summed E-state index contributed by atoms with van der Waals surface area (Å²) in [6.07, 6.45) is 1.61. The second kappa shape index (κ2) is 10.7. The molecule has 0 saturated carbocycles. The Morgan fingerprint density at radius 1 is 0.889 bits per heavy atom. The van der Waals surface area contributed by atoms with E-state index >= 15 is 0 Å². The van der Waals surface area contributed by atoms with E-state index < -0.39 is 0 Å². The summed E-state index contributed by atoms with van der Waals surface area (Å²) < 4.78 is 5.82. The molecule has 5 heteroatoms. The number of pyridine rings is 1. The van der Waals surface area contributed by atoms with Crippen LogP contribution in [0.2, 0.25) is 0 Å². The van der Waals surface area contributed by atoms with Crippen LogP contribution in [0.25, 0.3) is 22.2 Å². The van der Waals surface area contributed by atoms with Gasteiger partial charge in [-0.2, -0.15) is 5.10 Å². The lowest BCUT2D eigenvalue weighted by Gasteiger charge is -2.09. The number of fused-ring (bicyclic) bond motifs is 1. The fraction of sp³-hybridized carbons (Fsp3) is 0.0645. The summed E-state index contributed by atoms with van der Waals surface area (Å²) in [7, 11) is 0. The summed E-state index contributed by atoms with van der Waals surface area (Å²) in [6.45, 7) is 2.55. The molecule has 1 N–H and O–H groups in total. The number of ether oxygens (including phenoxy) is 1. The monoisotopic (exact) mass is 471 g/mol. The van der Waals surface area contributed by atoms with Gasteiger partial charge in [0, 0.05) is 10.9 Å². The maximum Gasteiger partial charge on any atom is 0.272 e. The van der Waals surface area contributed by atoms with Gasteiger partial charge in [0.15, 0.2) is 0 Å². The maximum absolute atomic E-state index is 13.1. The first-order valence-corrected chi connectivity index (χ1v) is 11.7. The van der Waals surface area contributed by atoms with Crippen molar-refractivity contribution in [1.29, 1.82) is 0 Å². The Bertz CT molecular complexity index is 1510. The number of hydrazone groups is 1. The lowest BCUT2D eigenvalue weighted by atomic mass is 10.0. The second-order valence-corrected chi connectivity index (χ2v) is 8.48. The highest BCUT2D eigenvalue weighted by Crippen LogP contribution is 2.25. The minimum Gasteiger partial charge on any atom is -0.489 e. The molecule has 0 aliphatic carbocycles. The molecular formula is C31H25N3O2. The van der Waals surface area contributed by atoms with E-state index in [1.807, 2.05) is 116 Å². The fourth-order valence-electron chi connectivity index (χ4n) is 3.85. The number of nitrogens with zero attached hydrogens (tertiary/aromatic N) is 2. The number of hydrogen-bond donors (Lipinski definition) is 1. The summed E-state index contributed by atoms with van der Waals surface area (Å²) in [5.74, 6) is 0.480. The summed E-state index contributed by atoms with van der Waals surface area (Å²) in [5.41, 5.74) is 8.78. The molecule has 4 aromatic carbocycles. The molecule has 0 aliphatic rings. The zero-order valence-electron chi connectivity index (χ0n) is 19.9. The molecule has 176 valence electrons. The number of benzene rings is 4. The lowest BCUT2D eigenvalue weighted by molar-refractivity contribution is 0.0956. The second-order valence-electron chi connectivity index (χ2n) is 8.48. The molecule has 0 fully saturated rings. The first kappa shape index (κ1) is 23.0. The van der Waals surface area contributed by atoms with Crippen molar-refractivity contribution in [2.45, 2.75) is 13.5 Å². The van der Waals surface area contributed by atoms with E-state index in [1.165, 1.54) is 5.56 Å². The van der Waals surface area contributed by atoms with E-state index in [0.29, 0.717) is 12.2 Å². The predicted octanol–water partition coefficient (Wildman–Crippen LogP) is 6.55. The quantitative estimate of drug-likeness (QED) is 0.216. The third-order valence-electron chi connectivity index (χ3n) is 5.82. The van der Waals surface area contributed by atoms with Crippen molar-refractivity contribution in [2.24, 2.45) is 5.10 Å². The first-order valence-electron chi connectivity index (χ1n) is 11.7. The van der Waals surface area contributed by atoms with Gasteiger partial charge in [0.2, 0.25) is 0 Å². The van der Waals surface area contributed by atoms with Crippen LogP contribution in [0, 0.1) is 6.92 Å². The Morgan fingerprint density at radius 2 is 1.61 bits per heavy atom. The van der Waals surface area contributed by atoms with Crippen LogP contribution in [-0.2, 0) is 6.61 Å². The average Bonchev–Trinajstić information content (AvgIpc) is 2.93. The van der Waals surface area contributed by atoms with Gasteiger partial charge < -0.3 is 4.74 Å². The number of aromatic nitrogens is 1. The minimum absolute atomic E-state index is 0.291. The van der Waals surface area contributed by atoms with Gasteiger partial charge in [-0.25, -0.2) is 10.4 Å². The number of rotatable bonds is 7. The van der Waals surface area contributed by atoms with Crippen LogP contribution >= 0.6 is 0 Å². The molecule has 1 amide bonds. The topological polar surface area (TPSA) is 63.6 Å². The standard InChI is InChI=1S/C31H25N3O2/c1-22-11-15-25(16-12-22)30-19-28(27-9-5-6-10-29(27)33-30)31(35)34-32-20-23-13-17-26(18-14-23)36-21-24-7-3-2-4-8-24/h2-20H,21H2,1H3,(H,34,35)/b32-20-. The SMILES string of the molecule is Cc1ccc(-c2cc(C(=O)N/N=C\c3ccc(OCc4ccccc4)cc3)c3ccccc3n2)cc1. The summed E-state index contributed by atoms with van der Waals surface area (Å²) in [4.78, 5) is 17.8. The zero-order valence-corrected chi connectivity index (χ0v) is 19.9. The Hall–Kier alpha value is -4.77. The third kappa shape index (κ3) is 5.47. The highest BCUT2D eigenvalue weighted by atomic mass is 16.5. The zero-order chi connectivity index (χ0) is 24.7. The molecule has 5 aromatic rings. The Balaban J connectivity index is 1.29. The van der Waals surface area contributed by atoms with Crippen LogP contribution in [0.3, 0.4) is 0 Å². The van der Waals surface area contributed by atoms with Crippen molar-refractivity contribution in [1.82, 2.24) is 10.4 Å². The number of hydrogen-bond acceptors (Lipinski definition) is 4. The largest absolute Gasteiger partial charge is 0.489 e. The predicted molar refractivity (Wildman–Crippen MR) is 144 cm³/mol. The molecule has 0 spiro atoms. The van der Waals surface area contributed by atoms with Gasteiger partial charge in [-0.3, -0.25) is 4.79 Å². The van der Waals surface area contributed by atoms with Gasteiger partial charge in [-0.05, 0) is 54.4 Å². The smallest absolute Gasteiger partial charge is 0.272 e. The molecule has 0 bridgehead atoms. The first-order chi connectivity index (χ1) is 17.7. The number of amides is 1. The van der Waals surface area contributed by atoms with Crippen LogP contribution in [0.15, 0.2) is 114 Å². The molecule has 0 atom stereocenters. The van der Waals surface area contributed by atoms with Gasteiger partial charge in [-0.1, -0.05) is 78.4 Å². The van der Waals surface area contributed by atoms with Crippen molar-refractivity contribution in [3.63, 3.8) is 0 Å². The molecule has 5 rings (SSSR count). The van der Waals surface area contributed by atoms with E-state index in [2.05, 4.69) is 10.5 Å². The van der Waals surface area contributed by atoms with Crippen molar-refractivity contribution >= 4 is 23.0 Å². The fourth-order valence-corrected chi connectivity index (χ4v) is 3.85. The number of carbonyl (C=O) groups is 1. The van der Waals surface area contributed by atoms with Gasteiger partial charge in [0.05, 0.1) is 23.0 Å². The van der Waals surface area contributed by atoms with Crippen molar-refractivity contribution in [3.05, 3.63) is 131 Å². The van der Waals surface area contributed by atoms with Crippen molar-refractivity contribution < 1.29 is 9.53 Å². The Labute approximate surface area is 210 Å². The van der Waals surface area contributed by atoms with Crippen LogP contribution in [0.4, 0.5) is 0 Å². The van der Waals surface area contributed by atoms with Crippen LogP contribution in [-0.4, -0.2) is 17.1 Å². The van der Waals surface area contributed by atoms with Crippen LogP contribution < -0.4 is 10.2 Å². The summed E-state index contributed by atoms with van der Waals surface area (Å²) in [6, 6.07) is 35.1. The number of para-hydroxylation sites is 1. The molecule has 0 unspecified atom stereocenters. The van der Waals surface area contributed by atoms with Crippen LogP contribution in [0.1, 0.15) is 27.0 Å². The molecular weight excluding hydrogens is 446 g/mol. The van der Waals surface area contributed by atoms with Crippen molar-refractivity contribution in [3.8, 4) is 17.0 Å². The molecule has 0 radical (unpaired) electrons. The third-order valence-corrected chi connectivity index (χ3v) is 5.82. The molecule has 0 aliphatic heterocycles. The molecule has 1 aromatic heterocycles. The van der Waals surface area contributed by atoms with Gasteiger partial charge in [-0.15, -0.1) is 0 Å². The lowest BCUT2D eigenvalue weighted by Crippen LogP contribution is -2.18. The average molecular weight is 472 g/mol. The van der Waals surface area contributed by atoms with E-state index in [9.17, 15) is 4.79 Å². The van der Waals surface area contributed by atoms with E-state index in [-0.39, 0.29) is 5.91 Å². The minimum atomic E-state index is -0.291. The molecule has 5 nitrogen and oxygen atoms in total.